The number of hydrogen-bond acceptors (Lipinski definition) is 4. The summed E-state index contributed by atoms with van der Waals surface area (Å²) in [5.74, 6) is 1.76. The first-order valence-electron chi connectivity index (χ1n) is 25.9. The highest BCUT2D eigenvalue weighted by molar-refractivity contribution is 6.13. The van der Waals surface area contributed by atoms with Crippen LogP contribution in [0.15, 0.2) is 279 Å². The normalized spacial score (nSPS) is 12.8. The van der Waals surface area contributed by atoms with Gasteiger partial charge in [0.25, 0.3) is 0 Å². The molecule has 0 saturated heterocycles. The van der Waals surface area contributed by atoms with E-state index in [9.17, 15) is 0 Å². The van der Waals surface area contributed by atoms with Crippen LogP contribution in [0.25, 0.3) is 89.2 Å². The maximum Gasteiger partial charge on any atom is 0.164 e. The van der Waals surface area contributed by atoms with Crippen molar-refractivity contribution in [2.75, 3.05) is 4.90 Å². The van der Waals surface area contributed by atoms with Crippen molar-refractivity contribution in [1.29, 1.82) is 0 Å². The fourth-order valence-corrected chi connectivity index (χ4v) is 12.3. The first kappa shape index (κ1) is 43.4. The highest BCUT2D eigenvalue weighted by atomic mass is 15.2. The van der Waals surface area contributed by atoms with Gasteiger partial charge >= 0.3 is 0 Å². The molecule has 6 heteroatoms. The number of rotatable bonds is 8. The largest absolute Gasteiger partial charge is 0.307 e. The third kappa shape index (κ3) is 6.57. The summed E-state index contributed by atoms with van der Waals surface area (Å²) in [6.07, 6.45) is 0. The molecule has 0 unspecified atom stereocenters. The van der Waals surface area contributed by atoms with E-state index in [1.807, 2.05) is 36.4 Å². The van der Waals surface area contributed by atoms with Crippen molar-refractivity contribution < 1.29 is 0 Å². The molecule has 0 aliphatic carbocycles. The number of benzene rings is 11. The van der Waals surface area contributed by atoms with Gasteiger partial charge in [0.1, 0.15) is 0 Å². The Morgan fingerprint density at radius 2 is 0.566 bits per heavy atom. The number of anilines is 3. The zero-order valence-corrected chi connectivity index (χ0v) is 41.2. The van der Waals surface area contributed by atoms with Crippen LogP contribution in [-0.4, -0.2) is 24.1 Å². The van der Waals surface area contributed by atoms with Crippen molar-refractivity contribution >= 4 is 60.7 Å². The molecule has 0 N–H and O–H groups in total. The van der Waals surface area contributed by atoms with Gasteiger partial charge < -0.3 is 14.0 Å². The minimum Gasteiger partial charge on any atom is -0.307 e. The van der Waals surface area contributed by atoms with E-state index in [0.29, 0.717) is 17.5 Å². The smallest absolute Gasteiger partial charge is 0.164 e. The van der Waals surface area contributed by atoms with Crippen LogP contribution < -0.4 is 4.90 Å². The second-order valence-corrected chi connectivity index (χ2v) is 19.5. The van der Waals surface area contributed by atoms with E-state index in [1.165, 1.54) is 22.3 Å². The van der Waals surface area contributed by atoms with Crippen molar-refractivity contribution in [2.45, 2.75) is 5.41 Å². The molecule has 4 heterocycles. The molecule has 3 aromatic heterocycles. The maximum absolute atomic E-state index is 5.44. The van der Waals surface area contributed by atoms with Gasteiger partial charge in [-0.1, -0.05) is 231 Å². The Morgan fingerprint density at radius 3 is 0.947 bits per heavy atom. The molecule has 356 valence electrons. The molecule has 0 saturated carbocycles. The van der Waals surface area contributed by atoms with Crippen molar-refractivity contribution in [3.8, 4) is 45.5 Å². The number of nitrogens with zero attached hydrogens (tertiary/aromatic N) is 6. The van der Waals surface area contributed by atoms with Crippen LogP contribution in [0.1, 0.15) is 22.3 Å². The topological polar surface area (TPSA) is 51.8 Å². The Morgan fingerprint density at radius 1 is 0.263 bits per heavy atom. The van der Waals surface area contributed by atoms with Crippen LogP contribution in [-0.2, 0) is 5.41 Å². The first-order valence-corrected chi connectivity index (χ1v) is 25.9. The SMILES string of the molecule is c1ccc(-c2nc(-c3ccccc3)nc(-c3cc(-n4c5ccccc5c5ccccc54)c(N4c5ccccc5C(c5ccccc5)(c5ccccc5)c5ccccc54)c(-n4c5ccccc5c5ccccc54)c3)n2)cc1. The van der Waals surface area contributed by atoms with Gasteiger partial charge in [-0.15, -0.1) is 0 Å². The number of hydrogen-bond donors (Lipinski definition) is 0. The molecule has 0 spiro atoms. The second-order valence-electron chi connectivity index (χ2n) is 19.5. The quantitative estimate of drug-likeness (QED) is 0.152. The average Bonchev–Trinajstić information content (AvgIpc) is 4.11. The Bertz CT molecular complexity index is 4140. The van der Waals surface area contributed by atoms with Crippen molar-refractivity contribution in [1.82, 2.24) is 24.1 Å². The molecule has 11 aromatic carbocycles. The fraction of sp³-hybridized carbons (Fsp3) is 0.0143. The predicted octanol–water partition coefficient (Wildman–Crippen LogP) is 17.2. The van der Waals surface area contributed by atoms with Gasteiger partial charge in [-0.3, -0.25) is 0 Å². The third-order valence-electron chi connectivity index (χ3n) is 15.4. The molecule has 0 radical (unpaired) electrons. The summed E-state index contributed by atoms with van der Waals surface area (Å²) < 4.78 is 4.94. The lowest BCUT2D eigenvalue weighted by molar-refractivity contribution is 0.731. The van der Waals surface area contributed by atoms with Gasteiger partial charge in [0, 0.05) is 38.2 Å². The highest BCUT2D eigenvalue weighted by Crippen LogP contribution is 2.60. The van der Waals surface area contributed by atoms with E-state index in [1.54, 1.807) is 0 Å². The monoisotopic (exact) mass is 970 g/mol. The van der Waals surface area contributed by atoms with E-state index >= 15 is 0 Å². The lowest BCUT2D eigenvalue weighted by atomic mass is 9.62. The second kappa shape index (κ2) is 17.5. The van der Waals surface area contributed by atoms with Crippen molar-refractivity contribution in [2.24, 2.45) is 0 Å². The van der Waals surface area contributed by atoms with E-state index in [-0.39, 0.29) is 0 Å². The van der Waals surface area contributed by atoms with E-state index in [2.05, 4.69) is 257 Å². The van der Waals surface area contributed by atoms with Crippen molar-refractivity contribution in [3.05, 3.63) is 301 Å². The van der Waals surface area contributed by atoms with Crippen molar-refractivity contribution in [3.63, 3.8) is 0 Å². The summed E-state index contributed by atoms with van der Waals surface area (Å²) in [7, 11) is 0. The molecule has 14 aromatic rings. The predicted molar refractivity (Wildman–Crippen MR) is 311 cm³/mol. The molecule has 0 fully saturated rings. The Labute approximate surface area is 439 Å². The lowest BCUT2D eigenvalue weighted by Crippen LogP contribution is -2.38. The minimum atomic E-state index is -0.682. The zero-order valence-electron chi connectivity index (χ0n) is 41.2. The fourth-order valence-electron chi connectivity index (χ4n) is 12.3. The molecule has 0 atom stereocenters. The molecule has 6 nitrogen and oxygen atoms in total. The molecule has 1 aliphatic heterocycles. The summed E-state index contributed by atoms with van der Waals surface area (Å²) in [4.78, 5) is 18.6. The molecular weight excluding hydrogens is 925 g/mol. The summed E-state index contributed by atoms with van der Waals surface area (Å²) in [6.45, 7) is 0. The maximum atomic E-state index is 5.44. The third-order valence-corrected chi connectivity index (χ3v) is 15.4. The van der Waals surface area contributed by atoms with Gasteiger partial charge in [0.15, 0.2) is 17.5 Å². The summed E-state index contributed by atoms with van der Waals surface area (Å²) in [6, 6.07) is 100. The summed E-state index contributed by atoms with van der Waals surface area (Å²) in [5.41, 5.74) is 16.1. The van der Waals surface area contributed by atoms with Gasteiger partial charge in [-0.25, -0.2) is 15.0 Å². The van der Waals surface area contributed by atoms with Gasteiger partial charge in [0.2, 0.25) is 0 Å². The Kier molecular flexibility index (Phi) is 10.0. The molecule has 0 amide bonds. The highest BCUT2D eigenvalue weighted by Gasteiger charge is 2.47. The van der Waals surface area contributed by atoms with Gasteiger partial charge in [-0.2, -0.15) is 0 Å². The van der Waals surface area contributed by atoms with Gasteiger partial charge in [-0.05, 0) is 70.8 Å². The molecule has 15 rings (SSSR count). The van der Waals surface area contributed by atoms with Crippen LogP contribution in [0.5, 0.6) is 0 Å². The molecule has 1 aliphatic rings. The summed E-state index contributed by atoms with van der Waals surface area (Å²) >= 11 is 0. The van der Waals surface area contributed by atoms with E-state index < -0.39 is 5.41 Å². The number of aromatic nitrogens is 5. The van der Waals surface area contributed by atoms with E-state index in [4.69, 9.17) is 15.0 Å². The Balaban J connectivity index is 1.15. The van der Waals surface area contributed by atoms with Crippen LogP contribution in [0, 0.1) is 0 Å². The minimum absolute atomic E-state index is 0.565. The van der Waals surface area contributed by atoms with Crippen LogP contribution >= 0.6 is 0 Å². The molecule has 0 bridgehead atoms. The standard InChI is InChI=1S/C70H46N6/c1-5-25-47(26-6-1)67-71-68(48-27-7-2-8-28-48)73-69(72-67)49-45-64(74-58-39-19-13-33-52(58)53-34-14-20-40-59(53)74)66(65(46-49)75-60-41-21-15-35-54(60)55-36-16-22-42-61(55)75)76-62-43-23-17-37-56(62)70(50-29-9-3-10-30-50,51-31-11-4-12-32-51)57-38-18-24-44-63(57)76/h1-46H. The van der Waals surface area contributed by atoms with Crippen LogP contribution in [0.3, 0.4) is 0 Å². The van der Waals surface area contributed by atoms with Crippen LogP contribution in [0.4, 0.5) is 17.1 Å². The van der Waals surface area contributed by atoms with Gasteiger partial charge in [0.05, 0.1) is 55.9 Å². The summed E-state index contributed by atoms with van der Waals surface area (Å²) in [5, 5.41) is 4.66. The molecule has 76 heavy (non-hydrogen) atoms. The number of para-hydroxylation sites is 6. The average molecular weight is 971 g/mol. The lowest BCUT2D eigenvalue weighted by Gasteiger charge is -2.47. The number of fused-ring (bicyclic) bond motifs is 8. The van der Waals surface area contributed by atoms with E-state index in [0.717, 1.165) is 88.7 Å². The molecular formula is C70H46N6. The zero-order chi connectivity index (χ0) is 50.2. The first-order chi connectivity index (χ1) is 37.7. The Hall–Kier alpha value is -10.2. The van der Waals surface area contributed by atoms with Crippen LogP contribution in [0.2, 0.25) is 0 Å².